The first kappa shape index (κ1) is 43.9. The number of carbonyl (C=O) groups is 6. The standard InChI is InChI=1S/C26H33NO6.C19H29NO6/c1-5-31-25(30)27-20-12-11-17-19(26(20,3)4)13-18-21(15(2)33-23(18)28)22(17)24(29)32-14-16-9-7-6-8-10-16;1-5-25-18(24)20-13-7-6-10-12(19(13,3)4)8-11-14(15(10)16(21)22)9(2)26-17(11)23/h6-10,13,15,17-18,20-22H,5,11-12,14H2,1-4H3,(H,27,30);9-15H,5-8H2,1-4H3,(H,20,24)(H,21,22)/t15-,17-,18-,20?,21-,22+;9-,10-,11-,12+,13?,14-,15+/m11/s1. The molecule has 0 spiro atoms. The van der Waals surface area contributed by atoms with Crippen molar-refractivity contribution >= 4 is 36.1 Å². The van der Waals surface area contributed by atoms with Gasteiger partial charge in [0.2, 0.25) is 0 Å². The van der Waals surface area contributed by atoms with Gasteiger partial charge in [-0.3, -0.25) is 19.2 Å². The van der Waals surface area contributed by atoms with E-state index in [0.717, 1.165) is 11.1 Å². The maximum absolute atomic E-state index is 13.5. The van der Waals surface area contributed by atoms with Gasteiger partial charge in [0.25, 0.3) is 0 Å². The molecule has 3 N–H and O–H groups in total. The number of rotatable bonds is 8. The first-order valence-corrected chi connectivity index (χ1v) is 21.3. The molecule has 6 aliphatic rings. The van der Waals surface area contributed by atoms with E-state index in [4.69, 9.17) is 23.7 Å². The van der Waals surface area contributed by atoms with Crippen LogP contribution in [0.4, 0.5) is 9.59 Å². The van der Waals surface area contributed by atoms with E-state index in [-0.39, 0.29) is 89.7 Å². The quantitative estimate of drug-likeness (QED) is 0.148. The van der Waals surface area contributed by atoms with Crippen LogP contribution in [-0.2, 0) is 49.5 Å². The van der Waals surface area contributed by atoms with Crippen LogP contribution < -0.4 is 10.6 Å². The third-order valence-corrected chi connectivity index (χ3v) is 14.6. The number of carbonyl (C=O) groups excluding carboxylic acids is 5. The molecular weight excluding hydrogens is 760 g/mol. The van der Waals surface area contributed by atoms with E-state index in [1.807, 2.05) is 43.3 Å². The Hall–Kier alpha value is -4.62. The predicted octanol–water partition coefficient (Wildman–Crippen LogP) is 6.45. The molecule has 5 fully saturated rings. The summed E-state index contributed by atoms with van der Waals surface area (Å²) in [5.74, 6) is -4.16. The summed E-state index contributed by atoms with van der Waals surface area (Å²) < 4.78 is 26.8. The molecule has 14 heteroatoms. The van der Waals surface area contributed by atoms with Crippen molar-refractivity contribution in [2.24, 2.45) is 64.1 Å². The molecule has 0 radical (unpaired) electrons. The van der Waals surface area contributed by atoms with Crippen LogP contribution in [0.25, 0.3) is 0 Å². The van der Waals surface area contributed by atoms with E-state index >= 15 is 0 Å². The summed E-state index contributed by atoms with van der Waals surface area (Å²) in [5, 5.41) is 15.8. The molecule has 0 bridgehead atoms. The summed E-state index contributed by atoms with van der Waals surface area (Å²) in [5.41, 5.74) is 1.15. The molecule has 1 aromatic rings. The van der Waals surface area contributed by atoms with Crippen molar-refractivity contribution in [3.05, 3.63) is 47.5 Å². The van der Waals surface area contributed by atoms with E-state index < -0.39 is 41.3 Å². The summed E-state index contributed by atoms with van der Waals surface area (Å²) in [6, 6.07) is 9.31. The van der Waals surface area contributed by atoms with Crippen LogP contribution in [0, 0.1) is 64.1 Å². The Morgan fingerprint density at radius 2 is 1.36 bits per heavy atom. The van der Waals surface area contributed by atoms with Crippen LogP contribution in [0.3, 0.4) is 0 Å². The number of esters is 3. The molecule has 13 atom stereocenters. The number of fused-ring (bicyclic) bond motifs is 4. The summed E-state index contributed by atoms with van der Waals surface area (Å²) in [7, 11) is 0. The molecule has 14 nitrogen and oxygen atoms in total. The second kappa shape index (κ2) is 17.5. The normalized spacial score (nSPS) is 35.9. The van der Waals surface area contributed by atoms with Crippen LogP contribution >= 0.6 is 0 Å². The van der Waals surface area contributed by atoms with Crippen LogP contribution in [0.2, 0.25) is 0 Å². The van der Waals surface area contributed by atoms with E-state index in [9.17, 15) is 33.9 Å². The van der Waals surface area contributed by atoms with E-state index in [1.54, 1.807) is 20.8 Å². The fourth-order valence-electron chi connectivity index (χ4n) is 11.7. The molecule has 2 unspecified atom stereocenters. The molecule has 324 valence electrons. The maximum Gasteiger partial charge on any atom is 0.407 e. The largest absolute Gasteiger partial charge is 0.481 e. The number of hydrogen-bond donors (Lipinski definition) is 3. The maximum atomic E-state index is 13.5. The average Bonchev–Trinajstić information content (AvgIpc) is 3.63. The lowest BCUT2D eigenvalue weighted by atomic mass is 9.50. The number of hydrogen-bond acceptors (Lipinski definition) is 11. The van der Waals surface area contributed by atoms with Gasteiger partial charge in [0, 0.05) is 29.3 Å². The Kier molecular flexibility index (Phi) is 13.1. The highest BCUT2D eigenvalue weighted by Crippen LogP contribution is 2.59. The number of ether oxygens (including phenoxy) is 5. The molecule has 59 heavy (non-hydrogen) atoms. The van der Waals surface area contributed by atoms with E-state index in [1.165, 1.54) is 0 Å². The Morgan fingerprint density at radius 1 is 0.763 bits per heavy atom. The number of alkyl carbamates (subject to hydrolysis) is 2. The second-order valence-corrected chi connectivity index (χ2v) is 18.3. The fourth-order valence-corrected chi connectivity index (χ4v) is 11.7. The Bertz CT molecular complexity index is 1790. The van der Waals surface area contributed by atoms with Crippen molar-refractivity contribution in [3.8, 4) is 0 Å². The summed E-state index contributed by atoms with van der Waals surface area (Å²) in [6.07, 6.45) is 3.86. The summed E-state index contributed by atoms with van der Waals surface area (Å²) in [4.78, 5) is 74.6. The van der Waals surface area contributed by atoms with Crippen LogP contribution in [0.1, 0.15) is 93.1 Å². The second-order valence-electron chi connectivity index (χ2n) is 18.3. The Balaban J connectivity index is 0.000000204. The van der Waals surface area contributed by atoms with Crippen molar-refractivity contribution < 1.29 is 57.6 Å². The van der Waals surface area contributed by atoms with E-state index in [2.05, 4.69) is 38.3 Å². The zero-order chi connectivity index (χ0) is 43.0. The first-order valence-electron chi connectivity index (χ1n) is 21.3. The van der Waals surface area contributed by atoms with Gasteiger partial charge in [-0.25, -0.2) is 9.59 Å². The van der Waals surface area contributed by atoms with E-state index in [0.29, 0.717) is 45.3 Å². The van der Waals surface area contributed by atoms with Crippen LogP contribution in [0.5, 0.6) is 0 Å². The zero-order valence-electron chi connectivity index (χ0n) is 35.6. The van der Waals surface area contributed by atoms with Gasteiger partial charge in [-0.15, -0.1) is 0 Å². The van der Waals surface area contributed by atoms with Crippen LogP contribution in [0.15, 0.2) is 42.0 Å². The molecule has 2 saturated heterocycles. The molecule has 2 aliphatic heterocycles. The van der Waals surface area contributed by atoms with Crippen molar-refractivity contribution in [1.29, 1.82) is 0 Å². The minimum Gasteiger partial charge on any atom is -0.481 e. The average molecular weight is 823 g/mol. The molecule has 1 aromatic carbocycles. The Morgan fingerprint density at radius 3 is 1.98 bits per heavy atom. The van der Waals surface area contributed by atoms with Crippen molar-refractivity contribution in [2.45, 2.75) is 118 Å². The lowest BCUT2D eigenvalue weighted by molar-refractivity contribution is -0.158. The molecule has 0 aromatic heterocycles. The highest BCUT2D eigenvalue weighted by atomic mass is 16.6. The van der Waals surface area contributed by atoms with Crippen molar-refractivity contribution in [2.75, 3.05) is 13.2 Å². The lowest BCUT2D eigenvalue weighted by Crippen LogP contribution is -2.59. The smallest absolute Gasteiger partial charge is 0.407 e. The zero-order valence-corrected chi connectivity index (χ0v) is 35.6. The molecule has 2 heterocycles. The van der Waals surface area contributed by atoms with Gasteiger partial charge >= 0.3 is 36.1 Å². The highest BCUT2D eigenvalue weighted by molar-refractivity contribution is 5.82. The van der Waals surface area contributed by atoms with Gasteiger partial charge < -0.3 is 39.4 Å². The summed E-state index contributed by atoms with van der Waals surface area (Å²) >= 11 is 0. The van der Waals surface area contributed by atoms with Gasteiger partial charge in [-0.2, -0.15) is 0 Å². The summed E-state index contributed by atoms with van der Waals surface area (Å²) in [6.45, 7) is 16.2. The molecule has 4 aliphatic carbocycles. The van der Waals surface area contributed by atoms with Gasteiger partial charge in [0.15, 0.2) is 0 Å². The van der Waals surface area contributed by atoms with Gasteiger partial charge in [-0.1, -0.05) is 69.7 Å². The lowest BCUT2D eigenvalue weighted by Gasteiger charge is -2.55. The van der Waals surface area contributed by atoms with Crippen molar-refractivity contribution in [3.63, 3.8) is 0 Å². The first-order chi connectivity index (χ1) is 27.9. The molecular formula is C45H62N2O12. The number of amides is 2. The Labute approximate surface area is 346 Å². The minimum atomic E-state index is -0.840. The SMILES string of the molecule is CCOC(=O)NC1CC[C@@H]2C(=C[C@H]3C(=O)O[C@H](C)[C@H]3[C@H]2C(=O)OCc2ccccc2)C1(C)C.CCOC(=O)NC1CC[C@H]2[C@H](C(=O)O)[C@@H]3[C@@H](C)OC(=O)[C@@H]3C[C@@H]2C1(C)C. The van der Waals surface area contributed by atoms with Gasteiger partial charge in [0.05, 0.1) is 36.9 Å². The third kappa shape index (κ3) is 8.55. The number of nitrogens with one attached hydrogen (secondary N) is 2. The number of benzene rings is 1. The monoisotopic (exact) mass is 822 g/mol. The van der Waals surface area contributed by atoms with Crippen molar-refractivity contribution in [1.82, 2.24) is 10.6 Å². The number of cyclic esters (lactones) is 2. The molecule has 3 saturated carbocycles. The van der Waals surface area contributed by atoms with Gasteiger partial charge in [0.1, 0.15) is 18.8 Å². The number of aliphatic carboxylic acids is 1. The van der Waals surface area contributed by atoms with Gasteiger partial charge in [-0.05, 0) is 88.5 Å². The molecule has 7 rings (SSSR count). The topological polar surface area (TPSA) is 193 Å². The molecule has 2 amide bonds. The predicted molar refractivity (Wildman–Crippen MR) is 213 cm³/mol. The highest BCUT2D eigenvalue weighted by Gasteiger charge is 2.62. The van der Waals surface area contributed by atoms with Crippen LogP contribution in [-0.4, -0.2) is 78.7 Å². The number of carboxylic acid groups (broad SMARTS) is 1. The number of carboxylic acids is 1. The fraction of sp³-hybridized carbons (Fsp3) is 0.689. The minimum absolute atomic E-state index is 0.0130. The third-order valence-electron chi connectivity index (χ3n) is 14.6.